The second kappa shape index (κ2) is 9.24. The Hall–Kier alpha value is -3.05. The molecule has 0 radical (unpaired) electrons. The van der Waals surface area contributed by atoms with Gasteiger partial charge in [0.2, 0.25) is 5.78 Å². The first-order valence-electron chi connectivity index (χ1n) is 8.90. The van der Waals surface area contributed by atoms with Gasteiger partial charge in [0.05, 0.1) is 7.11 Å². The van der Waals surface area contributed by atoms with Crippen molar-refractivity contribution in [2.75, 3.05) is 7.11 Å². The molecule has 2 aromatic carbocycles. The van der Waals surface area contributed by atoms with Crippen LogP contribution in [0.4, 0.5) is 0 Å². The molecule has 0 atom stereocenters. The highest BCUT2D eigenvalue weighted by atomic mass is 35.5. The van der Waals surface area contributed by atoms with Crippen molar-refractivity contribution in [1.82, 2.24) is 9.78 Å². The summed E-state index contributed by atoms with van der Waals surface area (Å²) in [6, 6.07) is 14.6. The molecule has 28 heavy (non-hydrogen) atoms. The Morgan fingerprint density at radius 1 is 1.21 bits per heavy atom. The zero-order valence-corrected chi connectivity index (χ0v) is 16.5. The number of nitrogens with zero attached hydrogens (tertiary/aromatic N) is 2. The van der Waals surface area contributed by atoms with Gasteiger partial charge in [0, 0.05) is 23.3 Å². The average molecular weight is 397 g/mol. The number of hydrogen-bond donors (Lipinski definition) is 0. The van der Waals surface area contributed by atoms with Crippen molar-refractivity contribution in [3.8, 4) is 11.5 Å². The van der Waals surface area contributed by atoms with Gasteiger partial charge in [-0.05, 0) is 55.0 Å². The molecule has 0 spiro atoms. The molecule has 0 bridgehead atoms. The van der Waals surface area contributed by atoms with Crippen molar-refractivity contribution in [3.63, 3.8) is 0 Å². The molecule has 1 heterocycles. The van der Waals surface area contributed by atoms with Gasteiger partial charge in [-0.15, -0.1) is 0 Å². The molecule has 3 rings (SSSR count). The van der Waals surface area contributed by atoms with Crippen LogP contribution >= 0.6 is 11.6 Å². The van der Waals surface area contributed by atoms with Crippen molar-refractivity contribution in [1.29, 1.82) is 0 Å². The van der Waals surface area contributed by atoms with Crippen LogP contribution in [-0.4, -0.2) is 22.7 Å². The summed E-state index contributed by atoms with van der Waals surface area (Å²) in [6.07, 6.45) is 4.95. The number of aromatic nitrogens is 2. The Kier molecular flexibility index (Phi) is 6.50. The topological polar surface area (TPSA) is 53.4 Å². The predicted octanol–water partition coefficient (Wildman–Crippen LogP) is 5.04. The minimum absolute atomic E-state index is 0.0908. The molecule has 1 aromatic heterocycles. The monoisotopic (exact) mass is 396 g/mol. The lowest BCUT2D eigenvalue weighted by Gasteiger charge is -2.11. The molecule has 0 saturated heterocycles. The molecule has 5 nitrogen and oxygen atoms in total. The summed E-state index contributed by atoms with van der Waals surface area (Å²) in [6.45, 7) is 2.92. The molecule has 6 heteroatoms. The van der Waals surface area contributed by atoms with Gasteiger partial charge in [-0.1, -0.05) is 29.8 Å². The largest absolute Gasteiger partial charge is 0.496 e. The Balaban J connectivity index is 1.75. The van der Waals surface area contributed by atoms with E-state index in [1.54, 1.807) is 48.3 Å². The fourth-order valence-electron chi connectivity index (χ4n) is 2.78. The van der Waals surface area contributed by atoms with E-state index in [2.05, 4.69) is 5.10 Å². The van der Waals surface area contributed by atoms with Gasteiger partial charge in [-0.3, -0.25) is 9.48 Å². The van der Waals surface area contributed by atoms with Gasteiger partial charge in [0.15, 0.2) is 0 Å². The second-order valence-electron chi connectivity index (χ2n) is 6.05. The molecule has 0 unspecified atom stereocenters. The van der Waals surface area contributed by atoms with E-state index < -0.39 is 0 Å². The maximum atomic E-state index is 12.4. The van der Waals surface area contributed by atoms with E-state index >= 15 is 0 Å². The summed E-state index contributed by atoms with van der Waals surface area (Å²) in [5.41, 5.74) is 2.31. The first-order chi connectivity index (χ1) is 13.6. The Morgan fingerprint density at radius 2 is 2.07 bits per heavy atom. The average Bonchev–Trinajstić information content (AvgIpc) is 3.19. The lowest BCUT2D eigenvalue weighted by atomic mass is 10.1. The van der Waals surface area contributed by atoms with Crippen molar-refractivity contribution < 1.29 is 14.3 Å². The van der Waals surface area contributed by atoms with Crippen LogP contribution in [-0.2, 0) is 13.2 Å². The van der Waals surface area contributed by atoms with E-state index in [0.29, 0.717) is 29.6 Å². The molecule has 0 amide bonds. The molecule has 3 aromatic rings. The molecule has 0 fully saturated rings. The summed E-state index contributed by atoms with van der Waals surface area (Å²) in [7, 11) is 1.61. The highest BCUT2D eigenvalue weighted by Gasteiger charge is 2.09. The number of carbonyl (C=O) groups excluding carboxylic acids is 1. The molecular formula is C22H21ClN2O3. The predicted molar refractivity (Wildman–Crippen MR) is 110 cm³/mol. The van der Waals surface area contributed by atoms with Crippen molar-refractivity contribution in [2.24, 2.45) is 0 Å². The number of rotatable bonds is 8. The lowest BCUT2D eigenvalue weighted by Crippen LogP contribution is -2.07. The Bertz CT molecular complexity index is 995. The lowest BCUT2D eigenvalue weighted by molar-refractivity contribution is 0.103. The zero-order chi connectivity index (χ0) is 19.9. The van der Waals surface area contributed by atoms with Gasteiger partial charge in [-0.2, -0.15) is 5.10 Å². The number of aryl methyl sites for hydroxylation is 1. The van der Waals surface area contributed by atoms with E-state index in [-0.39, 0.29) is 5.78 Å². The smallest absolute Gasteiger partial charge is 0.203 e. The van der Waals surface area contributed by atoms with Crippen molar-refractivity contribution >= 4 is 23.5 Å². The third-order valence-corrected chi connectivity index (χ3v) is 4.43. The molecule has 0 N–H and O–H groups in total. The van der Waals surface area contributed by atoms with Crippen LogP contribution in [0.5, 0.6) is 11.5 Å². The minimum atomic E-state index is -0.0908. The van der Waals surface area contributed by atoms with Gasteiger partial charge in [-0.25, -0.2) is 0 Å². The number of ketones is 1. The molecule has 0 aliphatic heterocycles. The summed E-state index contributed by atoms with van der Waals surface area (Å²) in [4.78, 5) is 12.4. The van der Waals surface area contributed by atoms with Crippen molar-refractivity contribution in [2.45, 2.75) is 20.1 Å². The summed E-state index contributed by atoms with van der Waals surface area (Å²) >= 11 is 5.99. The number of hydrogen-bond acceptors (Lipinski definition) is 4. The van der Waals surface area contributed by atoms with E-state index in [1.807, 2.05) is 37.3 Å². The Labute approximate surface area is 169 Å². The number of halogens is 1. The van der Waals surface area contributed by atoms with Crippen LogP contribution in [0.1, 0.15) is 28.5 Å². The van der Waals surface area contributed by atoms with Gasteiger partial charge >= 0.3 is 0 Å². The van der Waals surface area contributed by atoms with E-state index in [1.165, 1.54) is 0 Å². The third kappa shape index (κ3) is 4.81. The number of benzene rings is 2. The van der Waals surface area contributed by atoms with Crippen LogP contribution < -0.4 is 9.47 Å². The SMILES string of the molecule is CCn1nccc1C(=O)/C=C/c1ccc(OC)c(COc2cccc(Cl)c2)c1. The normalized spacial score (nSPS) is 11.0. The van der Waals surface area contributed by atoms with Gasteiger partial charge in [0.1, 0.15) is 23.8 Å². The minimum Gasteiger partial charge on any atom is -0.496 e. The van der Waals surface area contributed by atoms with E-state index in [4.69, 9.17) is 21.1 Å². The van der Waals surface area contributed by atoms with E-state index in [0.717, 1.165) is 16.9 Å². The maximum absolute atomic E-state index is 12.4. The van der Waals surface area contributed by atoms with Crippen LogP contribution in [0.3, 0.4) is 0 Å². The van der Waals surface area contributed by atoms with Crippen molar-refractivity contribution in [3.05, 3.63) is 82.6 Å². The fourth-order valence-corrected chi connectivity index (χ4v) is 2.96. The first kappa shape index (κ1) is 19.7. The molecule has 144 valence electrons. The molecular weight excluding hydrogens is 376 g/mol. The summed E-state index contributed by atoms with van der Waals surface area (Å²) in [5, 5.41) is 4.74. The second-order valence-corrected chi connectivity index (χ2v) is 6.48. The van der Waals surface area contributed by atoms with E-state index in [9.17, 15) is 4.79 Å². The Morgan fingerprint density at radius 3 is 2.82 bits per heavy atom. The first-order valence-corrected chi connectivity index (χ1v) is 9.28. The third-order valence-electron chi connectivity index (χ3n) is 4.19. The molecule has 0 aliphatic carbocycles. The quantitative estimate of drug-likeness (QED) is 0.395. The summed E-state index contributed by atoms with van der Waals surface area (Å²) in [5.74, 6) is 1.31. The van der Waals surface area contributed by atoms with Crippen LogP contribution in [0, 0.1) is 0 Å². The maximum Gasteiger partial charge on any atom is 0.203 e. The number of methoxy groups -OCH3 is 1. The summed E-state index contributed by atoms with van der Waals surface area (Å²) < 4.78 is 12.9. The van der Waals surface area contributed by atoms with Crippen LogP contribution in [0.2, 0.25) is 5.02 Å². The van der Waals surface area contributed by atoms with Crippen LogP contribution in [0.15, 0.2) is 60.8 Å². The van der Waals surface area contributed by atoms with Crippen LogP contribution in [0.25, 0.3) is 6.08 Å². The number of carbonyl (C=O) groups is 1. The van der Waals surface area contributed by atoms with Gasteiger partial charge < -0.3 is 9.47 Å². The highest BCUT2D eigenvalue weighted by molar-refractivity contribution is 6.30. The zero-order valence-electron chi connectivity index (χ0n) is 15.8. The van der Waals surface area contributed by atoms with Gasteiger partial charge in [0.25, 0.3) is 0 Å². The standard InChI is InChI=1S/C22H21ClN2O3/c1-3-25-20(11-12-24-25)21(26)9-7-16-8-10-22(27-2)17(13-16)15-28-19-6-4-5-18(23)14-19/h4-14H,3,15H2,1-2H3/b9-7+. The molecule has 0 saturated carbocycles. The molecule has 0 aliphatic rings. The number of ether oxygens (including phenoxy) is 2. The number of allylic oxidation sites excluding steroid dienone is 1. The highest BCUT2D eigenvalue weighted by Crippen LogP contribution is 2.24. The fraction of sp³-hybridized carbons (Fsp3) is 0.182.